The Bertz CT molecular complexity index is 444. The van der Waals surface area contributed by atoms with Gasteiger partial charge in [0.25, 0.3) is 0 Å². The molecule has 0 radical (unpaired) electrons. The van der Waals surface area contributed by atoms with Gasteiger partial charge in [-0.2, -0.15) is 0 Å². The summed E-state index contributed by atoms with van der Waals surface area (Å²) in [6.07, 6.45) is 11.4. The first kappa shape index (κ1) is 17.0. The van der Waals surface area contributed by atoms with Gasteiger partial charge >= 0.3 is 0 Å². The van der Waals surface area contributed by atoms with E-state index in [2.05, 4.69) is 42.3 Å². The van der Waals surface area contributed by atoms with E-state index in [0.717, 1.165) is 12.6 Å². The van der Waals surface area contributed by atoms with Gasteiger partial charge in [0.05, 0.1) is 26.7 Å². The van der Waals surface area contributed by atoms with Crippen LogP contribution in [0.25, 0.3) is 0 Å². The molecule has 1 aromatic carbocycles. The van der Waals surface area contributed by atoms with Crippen LogP contribution in [0.5, 0.6) is 0 Å². The molecule has 0 bridgehead atoms. The van der Waals surface area contributed by atoms with Gasteiger partial charge in [0, 0.05) is 19.1 Å². The van der Waals surface area contributed by atoms with Crippen LogP contribution in [0.4, 0.5) is 0 Å². The van der Waals surface area contributed by atoms with Crippen molar-refractivity contribution in [3.8, 4) is 0 Å². The van der Waals surface area contributed by atoms with Crippen LogP contribution in [-0.2, 0) is 6.54 Å². The number of benzene rings is 1. The summed E-state index contributed by atoms with van der Waals surface area (Å²) in [5.74, 6) is 0. The predicted octanol–water partition coefficient (Wildman–Crippen LogP) is 4.45. The first-order valence-corrected chi connectivity index (χ1v) is 9.87. The van der Waals surface area contributed by atoms with E-state index < -0.39 is 0 Å². The zero-order chi connectivity index (χ0) is 16.0. The molecule has 0 unspecified atom stereocenters. The smallest absolute Gasteiger partial charge is 0.0914 e. The number of hydrogen-bond donors (Lipinski definition) is 0. The number of hydrogen-bond acceptors (Lipinski definition) is 1. The fourth-order valence-corrected chi connectivity index (χ4v) is 4.52. The molecular formula is C21H35N2+. The number of quaternary nitrogens is 1. The van der Waals surface area contributed by atoms with Crippen LogP contribution in [-0.4, -0.2) is 48.7 Å². The topological polar surface area (TPSA) is 3.24 Å². The van der Waals surface area contributed by atoms with E-state index in [0.29, 0.717) is 0 Å². The van der Waals surface area contributed by atoms with Gasteiger partial charge in [-0.15, -0.1) is 0 Å². The Hall–Kier alpha value is -0.860. The third-order valence-corrected chi connectivity index (χ3v) is 6.14. The molecule has 0 amide bonds. The molecule has 0 spiro atoms. The second-order valence-corrected chi connectivity index (χ2v) is 8.10. The molecule has 0 N–H and O–H groups in total. The van der Waals surface area contributed by atoms with Gasteiger partial charge in [0.15, 0.2) is 0 Å². The first-order valence-electron chi connectivity index (χ1n) is 9.87. The zero-order valence-electron chi connectivity index (χ0n) is 15.1. The summed E-state index contributed by atoms with van der Waals surface area (Å²) in [5.41, 5.74) is 1.49. The average molecular weight is 316 g/mol. The SMILES string of the molecule is C[N+]1(CCN(Cc2ccccc2)C2CCCCC2)CCCCC1. The number of rotatable bonds is 6. The van der Waals surface area contributed by atoms with E-state index in [9.17, 15) is 0 Å². The Morgan fingerprint density at radius 3 is 2.26 bits per heavy atom. The van der Waals surface area contributed by atoms with E-state index in [-0.39, 0.29) is 0 Å². The number of likely N-dealkylation sites (N-methyl/N-ethyl adjacent to an activating group) is 1. The number of piperidine rings is 1. The first-order chi connectivity index (χ1) is 11.3. The maximum absolute atomic E-state index is 2.81. The van der Waals surface area contributed by atoms with E-state index >= 15 is 0 Å². The summed E-state index contributed by atoms with van der Waals surface area (Å²) < 4.78 is 1.30. The third kappa shape index (κ3) is 5.06. The molecule has 1 aliphatic carbocycles. The molecule has 2 heteroatoms. The summed E-state index contributed by atoms with van der Waals surface area (Å²) in [4.78, 5) is 2.81. The highest BCUT2D eigenvalue weighted by Crippen LogP contribution is 2.25. The zero-order valence-corrected chi connectivity index (χ0v) is 15.1. The van der Waals surface area contributed by atoms with Crippen molar-refractivity contribution in [3.63, 3.8) is 0 Å². The van der Waals surface area contributed by atoms with Gasteiger partial charge in [0.1, 0.15) is 0 Å². The van der Waals surface area contributed by atoms with Crippen LogP contribution in [0.15, 0.2) is 30.3 Å². The van der Waals surface area contributed by atoms with Crippen molar-refractivity contribution in [3.05, 3.63) is 35.9 Å². The maximum atomic E-state index is 2.81. The minimum atomic E-state index is 0.820. The van der Waals surface area contributed by atoms with Gasteiger partial charge < -0.3 is 4.48 Å². The normalized spacial score (nSPS) is 22.3. The highest BCUT2D eigenvalue weighted by molar-refractivity contribution is 5.14. The van der Waals surface area contributed by atoms with E-state index in [1.165, 1.54) is 87.6 Å². The van der Waals surface area contributed by atoms with Gasteiger partial charge in [-0.1, -0.05) is 49.6 Å². The lowest BCUT2D eigenvalue weighted by molar-refractivity contribution is -0.913. The monoisotopic (exact) mass is 315 g/mol. The molecule has 1 aliphatic heterocycles. The molecule has 3 rings (SSSR count). The van der Waals surface area contributed by atoms with Crippen LogP contribution >= 0.6 is 0 Å². The lowest BCUT2D eigenvalue weighted by Gasteiger charge is -2.41. The van der Waals surface area contributed by atoms with E-state index in [4.69, 9.17) is 0 Å². The molecule has 0 aromatic heterocycles. The van der Waals surface area contributed by atoms with Gasteiger partial charge in [0.2, 0.25) is 0 Å². The highest BCUT2D eigenvalue weighted by atomic mass is 15.3. The van der Waals surface area contributed by atoms with Crippen LogP contribution in [0.2, 0.25) is 0 Å². The molecule has 1 aromatic rings. The Kier molecular flexibility index (Phi) is 6.13. The van der Waals surface area contributed by atoms with E-state index in [1.807, 2.05) is 0 Å². The summed E-state index contributed by atoms with van der Waals surface area (Å²) in [5, 5.41) is 0. The standard InChI is InChI=1S/C21H35N2/c1-23(16-9-4-10-17-23)18-15-22(21-13-7-3-8-14-21)19-20-11-5-2-6-12-20/h2,5-6,11-12,21H,3-4,7-10,13-19H2,1H3/q+1. The maximum Gasteiger partial charge on any atom is 0.0914 e. The molecule has 2 fully saturated rings. The predicted molar refractivity (Wildman–Crippen MR) is 98.4 cm³/mol. The lowest BCUT2D eigenvalue weighted by atomic mass is 9.93. The Balaban J connectivity index is 1.62. The fraction of sp³-hybridized carbons (Fsp3) is 0.714. The van der Waals surface area contributed by atoms with Gasteiger partial charge in [-0.05, 0) is 37.7 Å². The van der Waals surface area contributed by atoms with Crippen molar-refractivity contribution in [2.75, 3.05) is 33.2 Å². The van der Waals surface area contributed by atoms with Crippen molar-refractivity contribution in [1.82, 2.24) is 4.90 Å². The number of likely N-dealkylation sites (tertiary alicyclic amines) is 1. The quantitative estimate of drug-likeness (QED) is 0.701. The molecule has 1 saturated heterocycles. The molecule has 23 heavy (non-hydrogen) atoms. The largest absolute Gasteiger partial charge is 0.325 e. The summed E-state index contributed by atoms with van der Waals surface area (Å²) in [6, 6.07) is 11.9. The second kappa shape index (κ2) is 8.30. The third-order valence-electron chi connectivity index (χ3n) is 6.14. The van der Waals surface area contributed by atoms with Gasteiger partial charge in [-0.25, -0.2) is 0 Å². The molecular weight excluding hydrogens is 280 g/mol. The molecule has 2 aliphatic rings. The number of nitrogens with zero attached hydrogens (tertiary/aromatic N) is 2. The molecule has 1 heterocycles. The van der Waals surface area contributed by atoms with Crippen molar-refractivity contribution in [2.24, 2.45) is 0 Å². The summed E-state index contributed by atoms with van der Waals surface area (Å²) >= 11 is 0. The molecule has 0 atom stereocenters. The van der Waals surface area contributed by atoms with Crippen molar-refractivity contribution < 1.29 is 4.48 Å². The summed E-state index contributed by atoms with van der Waals surface area (Å²) in [7, 11) is 2.49. The Morgan fingerprint density at radius 1 is 0.913 bits per heavy atom. The average Bonchev–Trinajstić information content (AvgIpc) is 2.61. The van der Waals surface area contributed by atoms with Crippen molar-refractivity contribution in [1.29, 1.82) is 0 Å². The van der Waals surface area contributed by atoms with Gasteiger partial charge in [-0.3, -0.25) is 4.90 Å². The fourth-order valence-electron chi connectivity index (χ4n) is 4.52. The second-order valence-electron chi connectivity index (χ2n) is 8.10. The van der Waals surface area contributed by atoms with Crippen LogP contribution in [0.1, 0.15) is 56.9 Å². The minimum Gasteiger partial charge on any atom is -0.325 e. The molecule has 1 saturated carbocycles. The Labute approximate surface area is 143 Å². The summed E-state index contributed by atoms with van der Waals surface area (Å²) in [6.45, 7) is 6.54. The van der Waals surface area contributed by atoms with Crippen LogP contribution in [0, 0.1) is 0 Å². The van der Waals surface area contributed by atoms with Crippen LogP contribution < -0.4 is 0 Å². The molecule has 128 valence electrons. The van der Waals surface area contributed by atoms with Crippen molar-refractivity contribution >= 4 is 0 Å². The highest BCUT2D eigenvalue weighted by Gasteiger charge is 2.28. The van der Waals surface area contributed by atoms with Crippen LogP contribution in [0.3, 0.4) is 0 Å². The minimum absolute atomic E-state index is 0.820. The van der Waals surface area contributed by atoms with E-state index in [1.54, 1.807) is 0 Å². The van der Waals surface area contributed by atoms with Crippen molar-refractivity contribution in [2.45, 2.75) is 64.0 Å². The lowest BCUT2D eigenvalue weighted by Crippen LogP contribution is -2.52. The molecule has 2 nitrogen and oxygen atoms in total. The Morgan fingerprint density at radius 2 is 1.57 bits per heavy atom.